The number of para-hydroxylation sites is 1. The van der Waals surface area contributed by atoms with Crippen LogP contribution in [0.2, 0.25) is 0 Å². The molecule has 6 rings (SSSR count). The van der Waals surface area contributed by atoms with Gasteiger partial charge in [-0.05, 0) is 49.8 Å². The lowest BCUT2D eigenvalue weighted by Crippen LogP contribution is -2.39. The fourth-order valence-corrected chi connectivity index (χ4v) is 8.38. The van der Waals surface area contributed by atoms with Crippen molar-refractivity contribution in [1.29, 1.82) is 0 Å². The summed E-state index contributed by atoms with van der Waals surface area (Å²) in [6.45, 7) is 4.25. The Balaban J connectivity index is 1.14. The van der Waals surface area contributed by atoms with Crippen molar-refractivity contribution in [2.45, 2.75) is 82.7 Å². The average molecular weight is 705 g/mol. The van der Waals surface area contributed by atoms with Crippen molar-refractivity contribution in [3.8, 4) is 0 Å². The molecule has 2 aromatic rings. The van der Waals surface area contributed by atoms with Crippen molar-refractivity contribution in [3.05, 3.63) is 66.2 Å². The van der Waals surface area contributed by atoms with Gasteiger partial charge in [0.2, 0.25) is 23.6 Å². The van der Waals surface area contributed by atoms with Gasteiger partial charge in [-0.25, -0.2) is 4.90 Å². The predicted molar refractivity (Wildman–Crippen MR) is 189 cm³/mol. The molecule has 0 spiro atoms. The first-order valence-electron chi connectivity index (χ1n) is 18.7. The molecule has 8 atom stereocenters. The summed E-state index contributed by atoms with van der Waals surface area (Å²) >= 11 is 0. The van der Waals surface area contributed by atoms with Gasteiger partial charge in [0.15, 0.2) is 0 Å². The maximum atomic E-state index is 13.9. The molecule has 0 aliphatic carbocycles. The lowest BCUT2D eigenvalue weighted by molar-refractivity contribution is -0.145. The topological polar surface area (TPSA) is 121 Å². The van der Waals surface area contributed by atoms with Gasteiger partial charge in [-0.1, -0.05) is 74.7 Å². The van der Waals surface area contributed by atoms with E-state index in [-0.39, 0.29) is 42.9 Å². The SMILES string of the molecule is CCCCC[C@@H]1O[C@H](CC[C@@H]2O[C@H](CCc3ccccc3)C3C(=O)N(CCOCCOCCOC)C(=O)C32)C2C(=O)N(c3ccccc3)C(=O)C21. The molecule has 0 bridgehead atoms. The van der Waals surface area contributed by atoms with E-state index in [2.05, 4.69) is 19.1 Å². The molecule has 0 saturated carbocycles. The zero-order valence-corrected chi connectivity index (χ0v) is 29.9. The molecular weight excluding hydrogens is 652 g/mol. The summed E-state index contributed by atoms with van der Waals surface area (Å²) in [6, 6.07) is 19.1. The van der Waals surface area contributed by atoms with Gasteiger partial charge >= 0.3 is 0 Å². The van der Waals surface area contributed by atoms with Gasteiger partial charge in [-0.2, -0.15) is 0 Å². The molecule has 4 fully saturated rings. The number of carbonyl (C=O) groups is 4. The van der Waals surface area contributed by atoms with Gasteiger partial charge in [0, 0.05) is 7.11 Å². The van der Waals surface area contributed by atoms with Crippen LogP contribution in [0.25, 0.3) is 0 Å². The Hall–Kier alpha value is -3.48. The summed E-state index contributed by atoms with van der Waals surface area (Å²) in [7, 11) is 1.61. The van der Waals surface area contributed by atoms with Gasteiger partial charge in [0.25, 0.3) is 0 Å². The first-order valence-corrected chi connectivity index (χ1v) is 18.7. The first-order chi connectivity index (χ1) is 24.9. The second-order valence-electron chi connectivity index (χ2n) is 14.0. The fourth-order valence-electron chi connectivity index (χ4n) is 8.38. The zero-order chi connectivity index (χ0) is 35.7. The summed E-state index contributed by atoms with van der Waals surface area (Å²) < 4.78 is 29.3. The second kappa shape index (κ2) is 17.8. The quantitative estimate of drug-likeness (QED) is 0.144. The number of fused-ring (bicyclic) bond motifs is 2. The van der Waals surface area contributed by atoms with Crippen molar-refractivity contribution in [2.75, 3.05) is 51.6 Å². The normalized spacial score (nSPS) is 28.7. The van der Waals surface area contributed by atoms with Crippen LogP contribution in [-0.2, 0) is 49.3 Å². The Labute approximate surface area is 300 Å². The van der Waals surface area contributed by atoms with Gasteiger partial charge < -0.3 is 23.7 Å². The molecular formula is C40H52N2O9. The molecule has 51 heavy (non-hydrogen) atoms. The molecule has 4 aliphatic rings. The molecule has 11 nitrogen and oxygen atoms in total. The molecule has 0 radical (unpaired) electrons. The molecule has 4 heterocycles. The number of rotatable bonds is 20. The number of hydrogen-bond acceptors (Lipinski definition) is 9. The molecule has 2 aromatic carbocycles. The largest absolute Gasteiger partial charge is 0.382 e. The fraction of sp³-hybridized carbons (Fsp3) is 0.600. The lowest BCUT2D eigenvalue weighted by atomic mass is 9.83. The molecule has 4 unspecified atom stereocenters. The molecule has 4 saturated heterocycles. The number of likely N-dealkylation sites (tertiary alicyclic amines) is 1. The van der Waals surface area contributed by atoms with Crippen LogP contribution in [0.5, 0.6) is 0 Å². The number of methoxy groups -OCH3 is 1. The lowest BCUT2D eigenvalue weighted by Gasteiger charge is -2.24. The molecule has 4 amide bonds. The monoisotopic (exact) mass is 704 g/mol. The van der Waals surface area contributed by atoms with Gasteiger partial charge in [0.05, 0.1) is 93.4 Å². The van der Waals surface area contributed by atoms with E-state index in [4.69, 9.17) is 23.7 Å². The Morgan fingerprint density at radius 3 is 1.69 bits per heavy atom. The highest BCUT2D eigenvalue weighted by atomic mass is 16.5. The third kappa shape index (κ3) is 8.28. The third-order valence-corrected chi connectivity index (χ3v) is 10.9. The number of hydrogen-bond donors (Lipinski definition) is 0. The second-order valence-corrected chi connectivity index (χ2v) is 14.0. The van der Waals surface area contributed by atoms with Crippen LogP contribution in [0.1, 0.15) is 57.4 Å². The standard InChI is InChI=1S/C40H52N2O9/c1-3-4-7-16-29-35-36(40(46)42(39(35)45)28-14-10-6-11-15-28)32(50-29)20-19-31-34-33(30(51-31)18-17-27-12-8-5-9-13-27)37(43)41(38(34)44)21-22-48-25-26-49-24-23-47-2/h5-6,8-15,29-36H,3-4,7,16-26H2,1-2H3/t29-,30+,31-,32+,33?,34?,35?,36?/m0/s1. The maximum absolute atomic E-state index is 13.9. The van der Waals surface area contributed by atoms with Crippen LogP contribution in [0.4, 0.5) is 5.69 Å². The third-order valence-electron chi connectivity index (χ3n) is 10.9. The summed E-state index contributed by atoms with van der Waals surface area (Å²) in [4.78, 5) is 58.2. The van der Waals surface area contributed by atoms with Crippen molar-refractivity contribution in [1.82, 2.24) is 4.90 Å². The highest BCUT2D eigenvalue weighted by Gasteiger charge is 2.62. The van der Waals surface area contributed by atoms with E-state index >= 15 is 0 Å². The van der Waals surface area contributed by atoms with Crippen LogP contribution in [0.3, 0.4) is 0 Å². The number of aryl methyl sites for hydroxylation is 1. The van der Waals surface area contributed by atoms with Crippen LogP contribution in [-0.4, -0.2) is 99.6 Å². The number of carbonyl (C=O) groups excluding carboxylic acids is 4. The smallest absolute Gasteiger partial charge is 0.240 e. The van der Waals surface area contributed by atoms with Crippen molar-refractivity contribution in [2.24, 2.45) is 23.7 Å². The van der Waals surface area contributed by atoms with Crippen LogP contribution >= 0.6 is 0 Å². The number of benzene rings is 2. The minimum Gasteiger partial charge on any atom is -0.382 e. The molecule has 0 N–H and O–H groups in total. The van der Waals surface area contributed by atoms with E-state index in [1.165, 1.54) is 9.80 Å². The molecule has 276 valence electrons. The van der Waals surface area contributed by atoms with E-state index in [0.29, 0.717) is 57.8 Å². The van der Waals surface area contributed by atoms with E-state index in [1.807, 2.05) is 36.4 Å². The number of amides is 4. The van der Waals surface area contributed by atoms with Crippen LogP contribution in [0.15, 0.2) is 60.7 Å². The summed E-state index contributed by atoms with van der Waals surface area (Å²) in [5, 5.41) is 0. The number of nitrogens with zero attached hydrogens (tertiary/aromatic N) is 2. The minimum absolute atomic E-state index is 0.168. The Kier molecular flexibility index (Phi) is 13.0. The first kappa shape index (κ1) is 37.3. The Morgan fingerprint density at radius 2 is 1.10 bits per heavy atom. The minimum atomic E-state index is -0.616. The van der Waals surface area contributed by atoms with Crippen molar-refractivity contribution < 1.29 is 42.9 Å². The highest BCUT2D eigenvalue weighted by Crippen LogP contribution is 2.48. The number of imide groups is 2. The highest BCUT2D eigenvalue weighted by molar-refractivity contribution is 6.22. The van der Waals surface area contributed by atoms with Crippen LogP contribution < -0.4 is 4.90 Å². The number of ether oxygens (including phenoxy) is 5. The summed E-state index contributed by atoms with van der Waals surface area (Å²) in [5.41, 5.74) is 1.72. The van der Waals surface area contributed by atoms with E-state index < -0.39 is 42.0 Å². The van der Waals surface area contributed by atoms with Gasteiger partial charge in [0.1, 0.15) is 0 Å². The molecule has 0 aromatic heterocycles. The van der Waals surface area contributed by atoms with E-state index in [1.54, 1.807) is 19.2 Å². The van der Waals surface area contributed by atoms with Crippen molar-refractivity contribution in [3.63, 3.8) is 0 Å². The Morgan fingerprint density at radius 1 is 0.588 bits per heavy atom. The molecule has 11 heteroatoms. The predicted octanol–water partition coefficient (Wildman–Crippen LogP) is 4.60. The van der Waals surface area contributed by atoms with E-state index in [9.17, 15) is 19.2 Å². The number of unbranched alkanes of at least 4 members (excludes halogenated alkanes) is 2. The van der Waals surface area contributed by atoms with Gasteiger partial charge in [-0.15, -0.1) is 0 Å². The summed E-state index contributed by atoms with van der Waals surface area (Å²) in [6.07, 6.45) is 4.14. The maximum Gasteiger partial charge on any atom is 0.240 e. The summed E-state index contributed by atoms with van der Waals surface area (Å²) in [5.74, 6) is -3.20. The van der Waals surface area contributed by atoms with E-state index in [0.717, 1.165) is 31.2 Å². The average Bonchev–Trinajstić information content (AvgIpc) is 3.84. The zero-order valence-electron chi connectivity index (χ0n) is 29.9. The molecule has 4 aliphatic heterocycles. The Bertz CT molecular complexity index is 1470. The van der Waals surface area contributed by atoms with Crippen LogP contribution in [0, 0.1) is 23.7 Å². The van der Waals surface area contributed by atoms with Gasteiger partial charge in [-0.3, -0.25) is 24.1 Å². The number of anilines is 1. The van der Waals surface area contributed by atoms with Crippen molar-refractivity contribution >= 4 is 29.3 Å².